The van der Waals surface area contributed by atoms with Crippen LogP contribution in [0.4, 0.5) is 5.69 Å². The predicted molar refractivity (Wildman–Crippen MR) is 80.1 cm³/mol. The highest BCUT2D eigenvalue weighted by Gasteiger charge is 2.05. The van der Waals surface area contributed by atoms with Crippen molar-refractivity contribution in [2.45, 2.75) is 13.0 Å². The van der Waals surface area contributed by atoms with E-state index in [0.29, 0.717) is 13.2 Å². The number of methoxy groups -OCH3 is 1. The highest BCUT2D eigenvalue weighted by Crippen LogP contribution is 2.20. The van der Waals surface area contributed by atoms with E-state index in [-0.39, 0.29) is 6.04 Å². The number of aromatic nitrogens is 1. The Morgan fingerprint density at radius 3 is 2.55 bits per heavy atom. The van der Waals surface area contributed by atoms with E-state index < -0.39 is 0 Å². The van der Waals surface area contributed by atoms with Gasteiger partial charge in [0.05, 0.1) is 18.3 Å². The van der Waals surface area contributed by atoms with Crippen molar-refractivity contribution >= 4 is 5.69 Å². The van der Waals surface area contributed by atoms with Crippen LogP contribution >= 0.6 is 0 Å². The fourth-order valence-electron chi connectivity index (χ4n) is 1.85. The smallest absolute Gasteiger partial charge is 0.119 e. The molecular weight excluding hydrogens is 252 g/mol. The standard InChI is InChI=1S/C16H20N2O2/c1-13(16-5-3-4-10-17-16)18-14-6-8-15(9-7-14)20-12-11-19-2/h3-10,13,18H,11-12H2,1-2H3. The molecular formula is C16H20N2O2. The van der Waals surface area contributed by atoms with Crippen LogP contribution in [-0.4, -0.2) is 25.3 Å². The molecule has 1 aromatic heterocycles. The number of benzene rings is 1. The Kier molecular flexibility index (Phi) is 5.38. The Morgan fingerprint density at radius 2 is 1.90 bits per heavy atom. The van der Waals surface area contributed by atoms with Crippen LogP contribution in [0.25, 0.3) is 0 Å². The third-order valence-corrected chi connectivity index (χ3v) is 2.93. The summed E-state index contributed by atoms with van der Waals surface area (Å²) < 4.78 is 10.5. The molecule has 0 saturated carbocycles. The molecule has 0 aliphatic heterocycles. The Morgan fingerprint density at radius 1 is 1.10 bits per heavy atom. The van der Waals surface area contributed by atoms with Gasteiger partial charge in [0.1, 0.15) is 12.4 Å². The number of pyridine rings is 1. The molecule has 0 radical (unpaired) electrons. The van der Waals surface area contributed by atoms with Gasteiger partial charge in [0.25, 0.3) is 0 Å². The average Bonchev–Trinajstić information content (AvgIpc) is 2.50. The van der Waals surface area contributed by atoms with Crippen molar-refractivity contribution in [3.05, 3.63) is 54.4 Å². The number of rotatable bonds is 7. The third kappa shape index (κ3) is 4.24. The van der Waals surface area contributed by atoms with Crippen LogP contribution in [0.15, 0.2) is 48.7 Å². The van der Waals surface area contributed by atoms with Gasteiger partial charge in [-0.15, -0.1) is 0 Å². The number of hydrogen-bond acceptors (Lipinski definition) is 4. The topological polar surface area (TPSA) is 43.4 Å². The van der Waals surface area contributed by atoms with E-state index in [2.05, 4.69) is 17.2 Å². The van der Waals surface area contributed by atoms with Crippen LogP contribution in [0, 0.1) is 0 Å². The lowest BCUT2D eigenvalue weighted by atomic mass is 10.2. The summed E-state index contributed by atoms with van der Waals surface area (Å²) in [6.45, 7) is 3.25. The predicted octanol–water partition coefficient (Wildman–Crippen LogP) is 3.28. The Balaban J connectivity index is 1.90. The highest BCUT2D eigenvalue weighted by molar-refractivity contribution is 5.47. The van der Waals surface area contributed by atoms with E-state index in [1.165, 1.54) is 0 Å². The van der Waals surface area contributed by atoms with Crippen molar-refractivity contribution in [2.75, 3.05) is 25.6 Å². The summed E-state index contributed by atoms with van der Waals surface area (Å²) in [5, 5.41) is 3.41. The monoisotopic (exact) mass is 272 g/mol. The zero-order valence-corrected chi connectivity index (χ0v) is 11.9. The molecule has 1 atom stereocenters. The zero-order valence-electron chi connectivity index (χ0n) is 11.9. The summed E-state index contributed by atoms with van der Waals surface area (Å²) in [6.07, 6.45) is 1.81. The minimum absolute atomic E-state index is 0.163. The van der Waals surface area contributed by atoms with Gasteiger partial charge < -0.3 is 14.8 Å². The lowest BCUT2D eigenvalue weighted by Gasteiger charge is -2.15. The van der Waals surface area contributed by atoms with Crippen LogP contribution in [0.3, 0.4) is 0 Å². The van der Waals surface area contributed by atoms with Gasteiger partial charge in [-0.2, -0.15) is 0 Å². The van der Waals surface area contributed by atoms with Gasteiger partial charge in [-0.05, 0) is 43.3 Å². The molecule has 1 N–H and O–H groups in total. The summed E-state index contributed by atoms with van der Waals surface area (Å²) >= 11 is 0. The second-order valence-corrected chi connectivity index (χ2v) is 4.49. The lowest BCUT2D eigenvalue weighted by molar-refractivity contribution is 0.146. The van der Waals surface area contributed by atoms with E-state index in [1.807, 2.05) is 42.5 Å². The SMILES string of the molecule is COCCOc1ccc(NC(C)c2ccccn2)cc1. The Labute approximate surface area is 119 Å². The quantitative estimate of drug-likeness (QED) is 0.786. The molecule has 0 fully saturated rings. The van der Waals surface area contributed by atoms with Crippen molar-refractivity contribution in [1.29, 1.82) is 0 Å². The van der Waals surface area contributed by atoms with Gasteiger partial charge in [-0.3, -0.25) is 4.98 Å². The first-order chi connectivity index (χ1) is 9.79. The molecule has 0 amide bonds. The molecule has 1 unspecified atom stereocenters. The summed E-state index contributed by atoms with van der Waals surface area (Å²) in [7, 11) is 1.66. The van der Waals surface area contributed by atoms with Gasteiger partial charge in [0.2, 0.25) is 0 Å². The molecule has 0 spiro atoms. The van der Waals surface area contributed by atoms with E-state index in [1.54, 1.807) is 13.3 Å². The van der Waals surface area contributed by atoms with E-state index >= 15 is 0 Å². The Bertz CT molecular complexity index is 500. The third-order valence-electron chi connectivity index (χ3n) is 2.93. The Hall–Kier alpha value is -2.07. The molecule has 0 aliphatic rings. The number of nitrogens with one attached hydrogen (secondary N) is 1. The molecule has 2 aromatic rings. The van der Waals surface area contributed by atoms with Crippen LogP contribution in [0.2, 0.25) is 0 Å². The molecule has 4 heteroatoms. The maximum Gasteiger partial charge on any atom is 0.119 e. The van der Waals surface area contributed by atoms with Crippen LogP contribution in [0.1, 0.15) is 18.7 Å². The molecule has 4 nitrogen and oxygen atoms in total. The van der Waals surface area contributed by atoms with Gasteiger partial charge in [0, 0.05) is 19.0 Å². The fraction of sp³-hybridized carbons (Fsp3) is 0.312. The molecule has 0 aliphatic carbocycles. The average molecular weight is 272 g/mol. The molecule has 2 rings (SSSR count). The summed E-state index contributed by atoms with van der Waals surface area (Å²) in [5.74, 6) is 0.845. The summed E-state index contributed by atoms with van der Waals surface area (Å²) in [5.41, 5.74) is 2.06. The van der Waals surface area contributed by atoms with Gasteiger partial charge in [0.15, 0.2) is 0 Å². The molecule has 0 saturated heterocycles. The van der Waals surface area contributed by atoms with Gasteiger partial charge >= 0.3 is 0 Å². The van der Waals surface area contributed by atoms with Crippen LogP contribution in [-0.2, 0) is 4.74 Å². The number of anilines is 1. The largest absolute Gasteiger partial charge is 0.491 e. The highest BCUT2D eigenvalue weighted by atomic mass is 16.5. The second kappa shape index (κ2) is 7.50. The van der Waals surface area contributed by atoms with E-state index in [9.17, 15) is 0 Å². The maximum absolute atomic E-state index is 5.53. The first-order valence-electron chi connectivity index (χ1n) is 6.69. The minimum Gasteiger partial charge on any atom is -0.491 e. The van der Waals surface area contributed by atoms with E-state index in [0.717, 1.165) is 17.1 Å². The number of ether oxygens (including phenoxy) is 2. The number of nitrogens with zero attached hydrogens (tertiary/aromatic N) is 1. The first kappa shape index (κ1) is 14.3. The maximum atomic E-state index is 5.53. The van der Waals surface area contributed by atoms with Crippen molar-refractivity contribution < 1.29 is 9.47 Å². The van der Waals surface area contributed by atoms with Gasteiger partial charge in [-0.25, -0.2) is 0 Å². The minimum atomic E-state index is 0.163. The van der Waals surface area contributed by atoms with Crippen molar-refractivity contribution in [3.8, 4) is 5.75 Å². The van der Waals surface area contributed by atoms with Crippen LogP contribution in [0.5, 0.6) is 5.75 Å². The van der Waals surface area contributed by atoms with Crippen molar-refractivity contribution in [2.24, 2.45) is 0 Å². The second-order valence-electron chi connectivity index (χ2n) is 4.49. The zero-order chi connectivity index (χ0) is 14.2. The normalized spacial score (nSPS) is 11.9. The summed E-state index contributed by atoms with van der Waals surface area (Å²) in [4.78, 5) is 4.34. The van der Waals surface area contributed by atoms with Gasteiger partial charge in [-0.1, -0.05) is 6.07 Å². The summed E-state index contributed by atoms with van der Waals surface area (Å²) in [6, 6.07) is 14.0. The molecule has 1 aromatic carbocycles. The fourth-order valence-corrected chi connectivity index (χ4v) is 1.85. The first-order valence-corrected chi connectivity index (χ1v) is 6.69. The van der Waals surface area contributed by atoms with Crippen LogP contribution < -0.4 is 10.1 Å². The number of hydrogen-bond donors (Lipinski definition) is 1. The molecule has 0 bridgehead atoms. The van der Waals surface area contributed by atoms with Crippen molar-refractivity contribution in [3.63, 3.8) is 0 Å². The molecule has 106 valence electrons. The molecule has 20 heavy (non-hydrogen) atoms. The molecule has 1 heterocycles. The van der Waals surface area contributed by atoms with Crippen molar-refractivity contribution in [1.82, 2.24) is 4.98 Å². The van der Waals surface area contributed by atoms with E-state index in [4.69, 9.17) is 9.47 Å². The lowest BCUT2D eigenvalue weighted by Crippen LogP contribution is -2.08.